The predicted molar refractivity (Wildman–Crippen MR) is 88.8 cm³/mol. The molecule has 24 heavy (non-hydrogen) atoms. The molecule has 128 valence electrons. The fraction of sp³-hybridized carbons (Fsp3) is 0.294. The Labute approximate surface area is 143 Å². The molecule has 0 radical (unpaired) electrons. The Morgan fingerprint density at radius 1 is 1.25 bits per heavy atom. The average molecular weight is 352 g/mol. The summed E-state index contributed by atoms with van der Waals surface area (Å²) in [5.41, 5.74) is 0.507. The molecule has 0 saturated carbocycles. The smallest absolute Gasteiger partial charge is 0.261 e. The van der Waals surface area contributed by atoms with E-state index in [1.807, 2.05) is 0 Å². The molecule has 0 aliphatic rings. The maximum Gasteiger partial charge on any atom is 0.261 e. The monoisotopic (exact) mass is 352 g/mol. The lowest BCUT2D eigenvalue weighted by atomic mass is 10.1. The Morgan fingerprint density at radius 3 is 2.62 bits per heavy atom. The third kappa shape index (κ3) is 4.38. The van der Waals surface area contributed by atoms with Crippen molar-refractivity contribution in [2.45, 2.75) is 19.4 Å². The quantitative estimate of drug-likeness (QED) is 0.867. The van der Waals surface area contributed by atoms with Gasteiger partial charge in [-0.05, 0) is 36.1 Å². The van der Waals surface area contributed by atoms with Crippen LogP contribution >= 0.6 is 11.3 Å². The Bertz CT molecular complexity index is 719. The van der Waals surface area contributed by atoms with E-state index in [1.165, 1.54) is 22.3 Å². The van der Waals surface area contributed by atoms with Crippen LogP contribution in [0.4, 0.5) is 8.78 Å². The number of rotatable bonds is 6. The lowest BCUT2D eigenvalue weighted by molar-refractivity contribution is -0.131. The Hall–Kier alpha value is -2.28. The maximum absolute atomic E-state index is 13.3. The van der Waals surface area contributed by atoms with Gasteiger partial charge in [0.15, 0.2) is 11.6 Å². The number of nitrogens with one attached hydrogen (secondary N) is 1. The summed E-state index contributed by atoms with van der Waals surface area (Å²) in [6.07, 6.45) is 0.127. The molecule has 0 saturated heterocycles. The molecule has 2 rings (SSSR count). The average Bonchev–Trinajstić information content (AvgIpc) is 3.10. The lowest BCUT2D eigenvalue weighted by Gasteiger charge is -2.25. The molecule has 0 spiro atoms. The van der Waals surface area contributed by atoms with E-state index in [1.54, 1.807) is 31.5 Å². The molecule has 0 aliphatic carbocycles. The zero-order chi connectivity index (χ0) is 17.7. The first-order valence-electron chi connectivity index (χ1n) is 7.42. The van der Waals surface area contributed by atoms with Crippen molar-refractivity contribution in [3.63, 3.8) is 0 Å². The van der Waals surface area contributed by atoms with Gasteiger partial charge in [-0.3, -0.25) is 9.59 Å². The summed E-state index contributed by atoms with van der Waals surface area (Å²) < 4.78 is 26.3. The number of hydrogen-bond donors (Lipinski definition) is 1. The molecule has 0 fully saturated rings. The molecule has 1 aromatic heterocycles. The molecule has 1 N–H and O–H groups in total. The van der Waals surface area contributed by atoms with Gasteiger partial charge in [-0.15, -0.1) is 11.3 Å². The van der Waals surface area contributed by atoms with Crippen LogP contribution in [0.5, 0.6) is 0 Å². The van der Waals surface area contributed by atoms with Gasteiger partial charge >= 0.3 is 0 Å². The summed E-state index contributed by atoms with van der Waals surface area (Å²) >= 11 is 1.33. The molecule has 0 aliphatic heterocycles. The van der Waals surface area contributed by atoms with E-state index in [0.717, 1.165) is 12.1 Å². The van der Waals surface area contributed by atoms with Crippen molar-refractivity contribution in [2.75, 3.05) is 13.6 Å². The van der Waals surface area contributed by atoms with Crippen LogP contribution in [0.25, 0.3) is 0 Å². The van der Waals surface area contributed by atoms with Crippen LogP contribution in [0.2, 0.25) is 0 Å². The number of thiophene rings is 1. The van der Waals surface area contributed by atoms with Crippen molar-refractivity contribution in [1.82, 2.24) is 10.2 Å². The highest BCUT2D eigenvalue weighted by atomic mass is 32.1. The number of carbonyl (C=O) groups is 2. The first kappa shape index (κ1) is 18.1. The van der Waals surface area contributed by atoms with E-state index >= 15 is 0 Å². The predicted octanol–water partition coefficient (Wildman–Crippen LogP) is 3.37. The number of hydrogen-bond acceptors (Lipinski definition) is 3. The third-order valence-corrected chi connectivity index (χ3v) is 4.64. The lowest BCUT2D eigenvalue weighted by Crippen LogP contribution is -2.33. The SMILES string of the molecule is CC(c1ccc(F)c(F)c1)N(C)C(=O)CCNC(=O)c1cccs1. The molecule has 7 heteroatoms. The Balaban J connectivity index is 1.87. The molecular weight excluding hydrogens is 334 g/mol. The van der Waals surface area contributed by atoms with Crippen LogP contribution in [0.15, 0.2) is 35.7 Å². The molecule has 1 unspecified atom stereocenters. The van der Waals surface area contributed by atoms with E-state index in [0.29, 0.717) is 10.4 Å². The summed E-state index contributed by atoms with van der Waals surface area (Å²) in [5, 5.41) is 4.48. The van der Waals surface area contributed by atoms with Gasteiger partial charge in [-0.1, -0.05) is 12.1 Å². The molecule has 4 nitrogen and oxygen atoms in total. The molecule has 1 heterocycles. The van der Waals surface area contributed by atoms with Crippen LogP contribution in [-0.4, -0.2) is 30.3 Å². The largest absolute Gasteiger partial charge is 0.351 e. The summed E-state index contributed by atoms with van der Waals surface area (Å²) in [5.74, 6) is -2.27. The molecule has 2 amide bonds. The zero-order valence-corrected chi connectivity index (χ0v) is 14.2. The van der Waals surface area contributed by atoms with Crippen molar-refractivity contribution >= 4 is 23.2 Å². The molecule has 1 aromatic carbocycles. The first-order valence-corrected chi connectivity index (χ1v) is 8.30. The molecule has 1 atom stereocenters. The second kappa shape index (κ2) is 8.01. The highest BCUT2D eigenvalue weighted by Crippen LogP contribution is 2.21. The first-order chi connectivity index (χ1) is 11.4. The van der Waals surface area contributed by atoms with E-state index in [4.69, 9.17) is 0 Å². The Kier molecular flexibility index (Phi) is 6.03. The van der Waals surface area contributed by atoms with Crippen LogP contribution in [0.1, 0.15) is 34.6 Å². The second-order valence-corrected chi connectivity index (χ2v) is 6.29. The normalized spacial score (nSPS) is 11.8. The number of carbonyl (C=O) groups excluding carboxylic acids is 2. The Morgan fingerprint density at radius 2 is 2.00 bits per heavy atom. The van der Waals surface area contributed by atoms with Crippen molar-refractivity contribution in [2.24, 2.45) is 0 Å². The van der Waals surface area contributed by atoms with Gasteiger partial charge in [0.2, 0.25) is 5.91 Å². The number of nitrogens with zero attached hydrogens (tertiary/aromatic N) is 1. The van der Waals surface area contributed by atoms with Crippen molar-refractivity contribution in [3.05, 3.63) is 57.8 Å². The van der Waals surface area contributed by atoms with Crippen LogP contribution in [-0.2, 0) is 4.79 Å². The highest BCUT2D eigenvalue weighted by Gasteiger charge is 2.18. The van der Waals surface area contributed by atoms with Crippen molar-refractivity contribution in [3.8, 4) is 0 Å². The van der Waals surface area contributed by atoms with Gasteiger partial charge in [-0.2, -0.15) is 0 Å². The standard InChI is InChI=1S/C17H18F2N2O2S/c1-11(12-5-6-13(18)14(19)10-12)21(2)16(22)7-8-20-17(23)15-4-3-9-24-15/h3-6,9-11H,7-8H2,1-2H3,(H,20,23). The highest BCUT2D eigenvalue weighted by molar-refractivity contribution is 7.12. The van der Waals surface area contributed by atoms with E-state index in [2.05, 4.69) is 5.32 Å². The number of amides is 2. The van der Waals surface area contributed by atoms with E-state index in [9.17, 15) is 18.4 Å². The zero-order valence-electron chi connectivity index (χ0n) is 13.4. The minimum Gasteiger partial charge on any atom is -0.351 e. The van der Waals surface area contributed by atoms with Crippen LogP contribution in [0, 0.1) is 11.6 Å². The van der Waals surface area contributed by atoms with Gasteiger partial charge in [-0.25, -0.2) is 8.78 Å². The summed E-state index contributed by atoms with van der Waals surface area (Å²) in [4.78, 5) is 26.0. The molecular formula is C17H18F2N2O2S. The van der Waals surface area contributed by atoms with E-state index in [-0.39, 0.29) is 24.8 Å². The fourth-order valence-electron chi connectivity index (χ4n) is 2.17. The van der Waals surface area contributed by atoms with Crippen molar-refractivity contribution in [1.29, 1.82) is 0 Å². The van der Waals surface area contributed by atoms with Crippen LogP contribution < -0.4 is 5.32 Å². The summed E-state index contributed by atoms with van der Waals surface area (Å²) in [7, 11) is 1.59. The van der Waals surface area contributed by atoms with Crippen molar-refractivity contribution < 1.29 is 18.4 Å². The second-order valence-electron chi connectivity index (χ2n) is 5.34. The summed E-state index contributed by atoms with van der Waals surface area (Å²) in [6.45, 7) is 1.94. The number of benzene rings is 1. The maximum atomic E-state index is 13.3. The van der Waals surface area contributed by atoms with Gasteiger partial charge in [0.25, 0.3) is 5.91 Å². The minimum atomic E-state index is -0.941. The van der Waals surface area contributed by atoms with Gasteiger partial charge < -0.3 is 10.2 Å². The summed E-state index contributed by atoms with van der Waals surface area (Å²) in [6, 6.07) is 6.66. The van der Waals surface area contributed by atoms with Gasteiger partial charge in [0.05, 0.1) is 10.9 Å². The minimum absolute atomic E-state index is 0.127. The third-order valence-electron chi connectivity index (χ3n) is 3.77. The molecule has 0 bridgehead atoms. The molecule has 2 aromatic rings. The fourth-order valence-corrected chi connectivity index (χ4v) is 2.81. The topological polar surface area (TPSA) is 49.4 Å². The van der Waals surface area contributed by atoms with Crippen LogP contribution in [0.3, 0.4) is 0 Å². The van der Waals surface area contributed by atoms with Gasteiger partial charge in [0.1, 0.15) is 0 Å². The number of halogens is 2. The van der Waals surface area contributed by atoms with E-state index < -0.39 is 17.7 Å². The van der Waals surface area contributed by atoms with Gasteiger partial charge in [0, 0.05) is 20.0 Å².